The molecule has 0 aliphatic rings. The Bertz CT molecular complexity index is 598. The van der Waals surface area contributed by atoms with E-state index in [-0.39, 0.29) is 15.7 Å². The molecule has 82 valence electrons. The standard InChI is InChI=1S/C10H5Cl2FN2O/c11-8-3-5(13)1-2-6(8)7-4-9(12)14-15-10(7)16/h1-4H,(H,15,16). The lowest BCUT2D eigenvalue weighted by Gasteiger charge is -2.03. The summed E-state index contributed by atoms with van der Waals surface area (Å²) in [7, 11) is 0. The fourth-order valence-corrected chi connectivity index (χ4v) is 1.71. The highest BCUT2D eigenvalue weighted by Gasteiger charge is 2.09. The van der Waals surface area contributed by atoms with Crippen LogP contribution < -0.4 is 5.56 Å². The molecule has 0 saturated heterocycles. The van der Waals surface area contributed by atoms with Crippen molar-refractivity contribution in [1.29, 1.82) is 0 Å². The highest BCUT2D eigenvalue weighted by molar-refractivity contribution is 6.33. The first-order valence-corrected chi connectivity index (χ1v) is 5.04. The van der Waals surface area contributed by atoms with Crippen molar-refractivity contribution in [2.24, 2.45) is 0 Å². The van der Waals surface area contributed by atoms with E-state index in [1.165, 1.54) is 18.2 Å². The Morgan fingerprint density at radius 3 is 2.62 bits per heavy atom. The van der Waals surface area contributed by atoms with Gasteiger partial charge in [-0.25, -0.2) is 9.49 Å². The van der Waals surface area contributed by atoms with Crippen LogP contribution in [0.1, 0.15) is 0 Å². The summed E-state index contributed by atoms with van der Waals surface area (Å²) in [5, 5.41) is 6.02. The van der Waals surface area contributed by atoms with Gasteiger partial charge in [0.2, 0.25) is 0 Å². The van der Waals surface area contributed by atoms with E-state index in [1.807, 2.05) is 0 Å². The fourth-order valence-electron chi connectivity index (χ4n) is 1.29. The van der Waals surface area contributed by atoms with Gasteiger partial charge in [0.1, 0.15) is 11.0 Å². The van der Waals surface area contributed by atoms with Crippen LogP contribution in [-0.4, -0.2) is 10.2 Å². The number of H-pyrrole nitrogens is 1. The topological polar surface area (TPSA) is 45.8 Å². The maximum absolute atomic E-state index is 12.8. The molecular weight excluding hydrogens is 254 g/mol. The van der Waals surface area contributed by atoms with Gasteiger partial charge >= 0.3 is 0 Å². The fraction of sp³-hybridized carbons (Fsp3) is 0. The lowest BCUT2D eigenvalue weighted by molar-refractivity contribution is 0.628. The summed E-state index contributed by atoms with van der Waals surface area (Å²) in [4.78, 5) is 11.5. The first-order valence-electron chi connectivity index (χ1n) is 4.28. The van der Waals surface area contributed by atoms with E-state index in [4.69, 9.17) is 23.2 Å². The zero-order valence-corrected chi connectivity index (χ0v) is 9.31. The second-order valence-corrected chi connectivity index (χ2v) is 3.85. The maximum atomic E-state index is 12.8. The van der Waals surface area contributed by atoms with E-state index in [9.17, 15) is 9.18 Å². The van der Waals surface area contributed by atoms with Gasteiger partial charge in [0, 0.05) is 5.56 Å². The van der Waals surface area contributed by atoms with Crippen molar-refractivity contribution in [3.05, 3.63) is 50.6 Å². The molecule has 0 fully saturated rings. The molecule has 16 heavy (non-hydrogen) atoms. The van der Waals surface area contributed by atoms with Gasteiger partial charge in [0.05, 0.1) is 10.6 Å². The van der Waals surface area contributed by atoms with Crippen LogP contribution in [0.4, 0.5) is 4.39 Å². The molecule has 0 aliphatic heterocycles. The smallest absolute Gasteiger partial charge is 0.267 e. The van der Waals surface area contributed by atoms with E-state index >= 15 is 0 Å². The molecule has 0 radical (unpaired) electrons. The number of hydrogen-bond acceptors (Lipinski definition) is 2. The molecule has 6 heteroatoms. The van der Waals surface area contributed by atoms with Gasteiger partial charge in [-0.2, -0.15) is 5.10 Å². The SMILES string of the molecule is O=c1[nH]nc(Cl)cc1-c1ccc(F)cc1Cl. The molecule has 3 nitrogen and oxygen atoms in total. The van der Waals surface area contributed by atoms with Crippen molar-refractivity contribution in [2.45, 2.75) is 0 Å². The van der Waals surface area contributed by atoms with E-state index in [0.717, 1.165) is 6.07 Å². The van der Waals surface area contributed by atoms with Crippen molar-refractivity contribution >= 4 is 23.2 Å². The molecule has 2 aromatic rings. The second kappa shape index (κ2) is 4.23. The minimum atomic E-state index is -0.467. The van der Waals surface area contributed by atoms with Crippen molar-refractivity contribution in [1.82, 2.24) is 10.2 Å². The Balaban J connectivity index is 2.67. The van der Waals surface area contributed by atoms with Gasteiger partial charge in [0.25, 0.3) is 5.56 Å². The molecular formula is C10H5Cl2FN2O. The van der Waals surface area contributed by atoms with Crippen molar-refractivity contribution in [2.75, 3.05) is 0 Å². The third-order valence-corrected chi connectivity index (χ3v) is 2.50. The minimum absolute atomic E-state index is 0.134. The molecule has 0 unspecified atom stereocenters. The Morgan fingerprint density at radius 1 is 1.19 bits per heavy atom. The zero-order valence-electron chi connectivity index (χ0n) is 7.80. The summed E-state index contributed by atoms with van der Waals surface area (Å²) in [5.74, 6) is -0.467. The van der Waals surface area contributed by atoms with E-state index in [0.29, 0.717) is 5.56 Å². The summed E-state index contributed by atoms with van der Waals surface area (Å²) in [6, 6.07) is 5.14. The number of aromatic amines is 1. The number of nitrogens with one attached hydrogen (secondary N) is 1. The molecule has 0 amide bonds. The predicted molar refractivity (Wildman–Crippen MR) is 60.3 cm³/mol. The largest absolute Gasteiger partial charge is 0.272 e. The molecule has 0 saturated carbocycles. The zero-order chi connectivity index (χ0) is 11.7. The van der Waals surface area contributed by atoms with E-state index in [2.05, 4.69) is 10.2 Å². The summed E-state index contributed by atoms with van der Waals surface area (Å²) in [6.45, 7) is 0. The number of hydrogen-bond donors (Lipinski definition) is 1. The molecule has 0 bridgehead atoms. The average molecular weight is 259 g/mol. The quantitative estimate of drug-likeness (QED) is 0.855. The number of benzene rings is 1. The lowest BCUT2D eigenvalue weighted by Crippen LogP contribution is -2.10. The van der Waals surface area contributed by atoms with Crippen LogP contribution in [0.15, 0.2) is 29.1 Å². The third-order valence-electron chi connectivity index (χ3n) is 1.99. The lowest BCUT2D eigenvalue weighted by atomic mass is 10.1. The van der Waals surface area contributed by atoms with Gasteiger partial charge in [-0.3, -0.25) is 4.79 Å². The third kappa shape index (κ3) is 2.08. The maximum Gasteiger partial charge on any atom is 0.272 e. The monoisotopic (exact) mass is 258 g/mol. The van der Waals surface area contributed by atoms with Crippen LogP contribution in [0.25, 0.3) is 11.1 Å². The van der Waals surface area contributed by atoms with E-state index < -0.39 is 11.4 Å². The van der Waals surface area contributed by atoms with Crippen LogP contribution in [-0.2, 0) is 0 Å². The summed E-state index contributed by atoms with van der Waals surface area (Å²) in [5.41, 5.74) is 0.233. The van der Waals surface area contributed by atoms with Gasteiger partial charge < -0.3 is 0 Å². The Hall–Kier alpha value is -1.39. The molecule has 1 N–H and O–H groups in total. The summed E-state index contributed by atoms with van der Waals surface area (Å²) >= 11 is 11.5. The Kier molecular flexibility index (Phi) is 2.94. The van der Waals surface area contributed by atoms with Crippen molar-refractivity contribution < 1.29 is 4.39 Å². The van der Waals surface area contributed by atoms with Crippen molar-refractivity contribution in [3.63, 3.8) is 0 Å². The van der Waals surface area contributed by atoms with Crippen LogP contribution in [0.2, 0.25) is 10.2 Å². The average Bonchev–Trinajstić information content (AvgIpc) is 2.22. The first kappa shape index (κ1) is 11.1. The van der Waals surface area contributed by atoms with Crippen LogP contribution in [0, 0.1) is 5.82 Å². The van der Waals surface area contributed by atoms with Gasteiger partial charge in [-0.15, -0.1) is 0 Å². The molecule has 0 spiro atoms. The van der Waals surface area contributed by atoms with Gasteiger partial charge in [0.15, 0.2) is 0 Å². The summed E-state index contributed by atoms with van der Waals surface area (Å²) in [6.07, 6.45) is 0. The molecule has 2 rings (SSSR count). The van der Waals surface area contributed by atoms with Crippen LogP contribution >= 0.6 is 23.2 Å². The normalized spacial score (nSPS) is 10.4. The number of rotatable bonds is 1. The predicted octanol–water partition coefficient (Wildman–Crippen LogP) is 2.88. The van der Waals surface area contributed by atoms with Crippen LogP contribution in [0.3, 0.4) is 0 Å². The van der Waals surface area contributed by atoms with Crippen LogP contribution in [0.5, 0.6) is 0 Å². The van der Waals surface area contributed by atoms with Gasteiger partial charge in [-0.1, -0.05) is 23.2 Å². The molecule has 1 heterocycles. The molecule has 0 aliphatic carbocycles. The molecule has 1 aromatic carbocycles. The Morgan fingerprint density at radius 2 is 1.94 bits per heavy atom. The number of aromatic nitrogens is 2. The minimum Gasteiger partial charge on any atom is -0.267 e. The molecule has 1 aromatic heterocycles. The molecule has 0 atom stereocenters. The second-order valence-electron chi connectivity index (χ2n) is 3.06. The van der Waals surface area contributed by atoms with E-state index in [1.54, 1.807) is 0 Å². The Labute approximate surface area is 99.8 Å². The highest BCUT2D eigenvalue weighted by Crippen LogP contribution is 2.26. The van der Waals surface area contributed by atoms with Crippen molar-refractivity contribution in [3.8, 4) is 11.1 Å². The van der Waals surface area contributed by atoms with Gasteiger partial charge in [-0.05, 0) is 24.3 Å². The highest BCUT2D eigenvalue weighted by atomic mass is 35.5. The summed E-state index contributed by atoms with van der Waals surface area (Å²) < 4.78 is 12.8. The first-order chi connectivity index (χ1) is 7.58. The number of halogens is 3. The number of nitrogens with zero attached hydrogens (tertiary/aromatic N) is 1.